The molecule has 1 fully saturated rings. The number of quaternary nitrogens is 1. The topological polar surface area (TPSA) is 89.2 Å². The molecule has 2 aromatic rings. The molecule has 1 aromatic heterocycles. The van der Waals surface area contributed by atoms with Gasteiger partial charge in [0.05, 0.1) is 5.02 Å². The number of hydrogen-bond acceptors (Lipinski definition) is 4. The van der Waals surface area contributed by atoms with Gasteiger partial charge >= 0.3 is 18.2 Å². The molecule has 1 aliphatic rings. The largest absolute Gasteiger partial charge is 0.433 e. The molecule has 0 aliphatic carbocycles. The van der Waals surface area contributed by atoms with Crippen LogP contribution >= 0.6 is 23.2 Å². The number of urea groups is 1. The summed E-state index contributed by atoms with van der Waals surface area (Å²) in [4.78, 5) is 33.6. The highest BCUT2D eigenvalue weighted by molar-refractivity contribution is 6.35. The number of aromatic nitrogens is 2. The van der Waals surface area contributed by atoms with Crippen molar-refractivity contribution < 1.29 is 22.8 Å². The molecule has 1 aromatic carbocycles. The summed E-state index contributed by atoms with van der Waals surface area (Å²) in [6.07, 6.45) is -3.82. The van der Waals surface area contributed by atoms with E-state index in [-0.39, 0.29) is 18.1 Å². The van der Waals surface area contributed by atoms with Crippen molar-refractivity contribution in [2.45, 2.75) is 18.8 Å². The van der Waals surface area contributed by atoms with Gasteiger partial charge in [-0.1, -0.05) is 29.3 Å². The van der Waals surface area contributed by atoms with Crippen molar-refractivity contribution in [1.82, 2.24) is 19.4 Å². The minimum Gasteiger partial charge on any atom is -0.368 e. The number of nitrogens with zero attached hydrogens (tertiary/aromatic N) is 4. The van der Waals surface area contributed by atoms with Gasteiger partial charge in [-0.3, -0.25) is 9.69 Å². The van der Waals surface area contributed by atoms with E-state index in [9.17, 15) is 22.8 Å². The van der Waals surface area contributed by atoms with Gasteiger partial charge in [-0.15, -0.1) is 0 Å². The number of primary amides is 1. The Hall–Kier alpha value is -2.43. The molecule has 0 bridgehead atoms. The molecule has 1 aliphatic heterocycles. The summed E-state index contributed by atoms with van der Waals surface area (Å²) in [7, 11) is 1.34. The fourth-order valence-corrected chi connectivity index (χ4v) is 3.70. The van der Waals surface area contributed by atoms with Crippen molar-refractivity contribution in [3.05, 3.63) is 51.8 Å². The Morgan fingerprint density at radius 3 is 2.59 bits per heavy atom. The SMILES string of the molecule is CN1C(=O)[N+](Cc2ccc(Cl)cc2Cl)(c2nccc(C(F)(F)F)n2)CC1C(N)=O. The van der Waals surface area contributed by atoms with E-state index in [0.717, 1.165) is 11.1 Å². The van der Waals surface area contributed by atoms with E-state index in [4.69, 9.17) is 28.9 Å². The lowest BCUT2D eigenvalue weighted by molar-refractivity contribution is -0.141. The number of carbonyl (C=O) groups excluding carboxylic acids is 2. The number of benzene rings is 1. The van der Waals surface area contributed by atoms with Gasteiger partial charge < -0.3 is 5.73 Å². The summed E-state index contributed by atoms with van der Waals surface area (Å²) in [5, 5.41) is 0.556. The number of halogens is 5. The van der Waals surface area contributed by atoms with Crippen LogP contribution in [0.15, 0.2) is 30.5 Å². The lowest BCUT2D eigenvalue weighted by Gasteiger charge is -2.28. The predicted octanol–water partition coefficient (Wildman–Crippen LogP) is 3.23. The van der Waals surface area contributed by atoms with Crippen LogP contribution in [0.4, 0.5) is 23.9 Å². The Labute approximate surface area is 173 Å². The maximum atomic E-state index is 13.2. The summed E-state index contributed by atoms with van der Waals surface area (Å²) in [6.45, 7) is -0.435. The number of hydrogen-bond donors (Lipinski definition) is 1. The van der Waals surface area contributed by atoms with Crippen molar-refractivity contribution in [2.24, 2.45) is 5.73 Å². The zero-order chi connectivity index (χ0) is 21.6. The fraction of sp³-hybridized carbons (Fsp3) is 0.294. The maximum Gasteiger partial charge on any atom is 0.433 e. The van der Waals surface area contributed by atoms with Crippen LogP contribution in [0.1, 0.15) is 11.3 Å². The van der Waals surface area contributed by atoms with E-state index in [1.807, 2.05) is 0 Å². The summed E-state index contributed by atoms with van der Waals surface area (Å²) in [5.74, 6) is -1.21. The average molecular weight is 449 g/mol. The lowest BCUT2D eigenvalue weighted by Crippen LogP contribution is -2.52. The molecule has 2 atom stereocenters. The van der Waals surface area contributed by atoms with Gasteiger partial charge in [0.1, 0.15) is 13.1 Å². The monoisotopic (exact) mass is 448 g/mol. The molecule has 2 unspecified atom stereocenters. The first-order chi connectivity index (χ1) is 13.5. The lowest BCUT2D eigenvalue weighted by atomic mass is 10.1. The van der Waals surface area contributed by atoms with E-state index >= 15 is 0 Å². The molecule has 154 valence electrons. The third-order valence-corrected chi connectivity index (χ3v) is 5.31. The molecule has 7 nitrogen and oxygen atoms in total. The number of likely N-dealkylation sites (N-methyl/N-ethyl adjacent to an activating group) is 1. The second-order valence-electron chi connectivity index (χ2n) is 6.60. The minimum absolute atomic E-state index is 0.190. The van der Waals surface area contributed by atoms with Crippen molar-refractivity contribution in [3.63, 3.8) is 0 Å². The Bertz CT molecular complexity index is 988. The van der Waals surface area contributed by atoms with Crippen LogP contribution in [0, 0.1) is 0 Å². The third kappa shape index (κ3) is 3.87. The van der Waals surface area contributed by atoms with E-state index in [2.05, 4.69) is 9.97 Å². The van der Waals surface area contributed by atoms with Gasteiger partial charge in [-0.25, -0.2) is 4.79 Å². The van der Waals surface area contributed by atoms with Crippen LogP contribution in [0.25, 0.3) is 0 Å². The number of alkyl halides is 3. The Kier molecular flexibility index (Phi) is 5.46. The molecule has 12 heteroatoms. The maximum absolute atomic E-state index is 13.2. The quantitative estimate of drug-likeness (QED) is 0.727. The average Bonchev–Trinajstić information content (AvgIpc) is 2.90. The highest BCUT2D eigenvalue weighted by atomic mass is 35.5. The first-order valence-electron chi connectivity index (χ1n) is 8.24. The molecule has 0 spiro atoms. The van der Waals surface area contributed by atoms with Crippen LogP contribution in [0.3, 0.4) is 0 Å². The first-order valence-corrected chi connectivity index (χ1v) is 9.00. The minimum atomic E-state index is -4.74. The molecule has 3 amide bonds. The molecular formula is C17H15Cl2F3N5O2+. The van der Waals surface area contributed by atoms with Crippen molar-refractivity contribution >= 4 is 41.1 Å². The van der Waals surface area contributed by atoms with Gasteiger partial charge in [0.2, 0.25) is 5.91 Å². The van der Waals surface area contributed by atoms with Crippen LogP contribution in [-0.4, -0.2) is 46.4 Å². The summed E-state index contributed by atoms with van der Waals surface area (Å²) < 4.78 is 38.8. The summed E-state index contributed by atoms with van der Waals surface area (Å²) >= 11 is 12.1. The Morgan fingerprint density at radius 1 is 1.34 bits per heavy atom. The Balaban J connectivity index is 2.18. The summed E-state index contributed by atoms with van der Waals surface area (Å²) in [5.41, 5.74) is 4.60. The van der Waals surface area contributed by atoms with Crippen molar-refractivity contribution in [2.75, 3.05) is 13.6 Å². The molecular weight excluding hydrogens is 434 g/mol. The zero-order valence-corrected chi connectivity index (χ0v) is 16.5. The Morgan fingerprint density at radius 2 is 2.03 bits per heavy atom. The highest BCUT2D eigenvalue weighted by Gasteiger charge is 2.57. The summed E-state index contributed by atoms with van der Waals surface area (Å²) in [6, 6.07) is 3.49. The second kappa shape index (κ2) is 7.43. The molecule has 1 saturated heterocycles. The van der Waals surface area contributed by atoms with Crippen molar-refractivity contribution in [1.29, 1.82) is 0 Å². The highest BCUT2D eigenvalue weighted by Crippen LogP contribution is 2.36. The number of carbonyl (C=O) groups is 2. The van der Waals surface area contributed by atoms with Gasteiger partial charge in [0.25, 0.3) is 0 Å². The van der Waals surface area contributed by atoms with Crippen LogP contribution in [0.2, 0.25) is 10.0 Å². The van der Waals surface area contributed by atoms with E-state index in [1.54, 1.807) is 6.07 Å². The molecule has 0 saturated carbocycles. The third-order valence-electron chi connectivity index (χ3n) is 4.72. The van der Waals surface area contributed by atoms with Crippen molar-refractivity contribution in [3.8, 4) is 0 Å². The smallest absolute Gasteiger partial charge is 0.368 e. The number of nitrogens with two attached hydrogens (primary N) is 1. The van der Waals surface area contributed by atoms with Gasteiger partial charge in [-0.05, 0) is 18.2 Å². The molecule has 2 N–H and O–H groups in total. The molecule has 3 rings (SSSR count). The van der Waals surface area contributed by atoms with Crippen LogP contribution in [-0.2, 0) is 17.5 Å². The number of amides is 3. The van der Waals surface area contributed by atoms with Gasteiger partial charge in [0.15, 0.2) is 11.7 Å². The number of rotatable bonds is 4. The molecule has 2 heterocycles. The van der Waals surface area contributed by atoms with Gasteiger partial charge in [-0.2, -0.15) is 27.6 Å². The van der Waals surface area contributed by atoms with Crippen LogP contribution in [0.5, 0.6) is 0 Å². The van der Waals surface area contributed by atoms with E-state index in [1.165, 1.54) is 19.2 Å². The molecule has 0 radical (unpaired) electrons. The van der Waals surface area contributed by atoms with E-state index < -0.39 is 40.3 Å². The zero-order valence-electron chi connectivity index (χ0n) is 15.0. The van der Waals surface area contributed by atoms with Gasteiger partial charge in [0, 0.05) is 23.8 Å². The first kappa shape index (κ1) is 21.3. The van der Waals surface area contributed by atoms with E-state index in [0.29, 0.717) is 16.7 Å². The second-order valence-corrected chi connectivity index (χ2v) is 7.44. The predicted molar refractivity (Wildman–Crippen MR) is 100 cm³/mol. The standard InChI is InChI=1S/C17H14Cl2F3N5O2/c1-26-12(14(23)28)8-27(16(26)29,7-9-2-3-10(18)6-11(9)19)15-24-5-4-13(25-15)17(20,21)22/h2-6,12H,7-8H2,1H3,(H-,23,28)/p+1. The van der Waals surface area contributed by atoms with Crippen LogP contribution < -0.4 is 10.2 Å². The fourth-order valence-electron chi connectivity index (χ4n) is 3.24. The normalized spacial score (nSPS) is 22.2. The molecule has 29 heavy (non-hydrogen) atoms.